The quantitative estimate of drug-likeness (QED) is 0.0843. The van der Waals surface area contributed by atoms with E-state index in [1.165, 1.54) is 53.0 Å². The number of benzene rings is 12. The number of hydrogen-bond donors (Lipinski definition) is 0. The SMILES string of the molecule is Cc1c(Oc2nnc(-c3[c-]c4ccccc4s3)c3cc4ccccc4cc23)c(C(F)(F)F)c(C(F)(F)F)c(C(F)(F)F)c1C(F)(F)F.Cc1c(Oc2nnc(-c3[c-]c4ccccc4s3)c3cc4ccccc4cc23)c(C(F)(F)F)cc(C(F)(F)F)c1C(F)(F)F.FC(F)(F)c1ccc(-c2nnc(-c3[c-]c4ccccc4s3)c3cc4ccccc4cc23)cc1.[Ir].[Ir].[Ir]. The molecular formula is C88H41F24Ir3N6O2S3-3. The number of hydrogen-bond acceptors (Lipinski definition) is 11. The zero-order valence-corrected chi connectivity index (χ0v) is 72.1. The molecule has 0 aliphatic heterocycles. The van der Waals surface area contributed by atoms with Crippen LogP contribution in [0, 0.1) is 32.0 Å². The third kappa shape index (κ3) is 18.1. The maximum atomic E-state index is 14.4. The number of rotatable bonds is 8. The van der Waals surface area contributed by atoms with Crippen LogP contribution < -0.4 is 9.47 Å². The molecule has 651 valence electrons. The summed E-state index contributed by atoms with van der Waals surface area (Å²) in [5.41, 5.74) is -21.8. The van der Waals surface area contributed by atoms with Crippen molar-refractivity contribution in [1.29, 1.82) is 0 Å². The first kappa shape index (κ1) is 92.8. The van der Waals surface area contributed by atoms with E-state index in [0.29, 0.717) is 65.9 Å². The zero-order chi connectivity index (χ0) is 87.7. The predicted octanol–water partition coefficient (Wildman–Crippen LogP) is 30.4. The van der Waals surface area contributed by atoms with Gasteiger partial charge in [0.2, 0.25) is 11.8 Å². The summed E-state index contributed by atoms with van der Waals surface area (Å²) in [5.74, 6) is -5.22. The molecule has 0 aliphatic carbocycles. The van der Waals surface area contributed by atoms with Crippen LogP contribution in [0.5, 0.6) is 23.3 Å². The fourth-order valence-corrected chi connectivity index (χ4v) is 17.3. The number of nitrogens with zero attached hydrogens (tertiary/aromatic N) is 6. The fourth-order valence-electron chi connectivity index (χ4n) is 14.3. The van der Waals surface area contributed by atoms with Crippen molar-refractivity contribution in [2.24, 2.45) is 0 Å². The van der Waals surface area contributed by atoms with Gasteiger partial charge in [0.15, 0.2) is 0 Å². The number of fused-ring (bicyclic) bond motifs is 9. The third-order valence-corrected chi connectivity index (χ3v) is 22.9. The predicted molar refractivity (Wildman–Crippen MR) is 418 cm³/mol. The summed E-state index contributed by atoms with van der Waals surface area (Å²) < 4.78 is 346. The van der Waals surface area contributed by atoms with Gasteiger partial charge in [-0.05, 0) is 127 Å². The van der Waals surface area contributed by atoms with Crippen LogP contribution in [0.25, 0.3) is 138 Å². The minimum atomic E-state index is -6.56. The van der Waals surface area contributed by atoms with Gasteiger partial charge in [-0.1, -0.05) is 140 Å². The maximum absolute atomic E-state index is 14.4. The first-order valence-corrected chi connectivity index (χ1v) is 38.0. The van der Waals surface area contributed by atoms with Gasteiger partial charge in [0.05, 0.1) is 44.6 Å². The van der Waals surface area contributed by atoms with E-state index in [-0.39, 0.29) is 94.8 Å². The van der Waals surface area contributed by atoms with Crippen molar-refractivity contribution >= 4 is 129 Å². The largest absolute Gasteiger partial charge is 0.436 e. The molecule has 0 saturated heterocycles. The van der Waals surface area contributed by atoms with E-state index in [1.807, 2.05) is 78.9 Å². The molecule has 0 fully saturated rings. The van der Waals surface area contributed by atoms with Crippen molar-refractivity contribution in [3.05, 3.63) is 286 Å². The van der Waals surface area contributed by atoms with E-state index >= 15 is 0 Å². The molecule has 6 aromatic heterocycles. The molecule has 0 aliphatic rings. The monoisotopic (exact) mass is 2340 g/mol. The summed E-state index contributed by atoms with van der Waals surface area (Å²) in [6, 6.07) is 68.0. The second-order valence-corrected chi connectivity index (χ2v) is 30.7. The Balaban J connectivity index is 0.000000162. The van der Waals surface area contributed by atoms with Gasteiger partial charge < -0.3 is 9.47 Å². The summed E-state index contributed by atoms with van der Waals surface area (Å²) in [4.78, 5) is 1.79. The van der Waals surface area contributed by atoms with Crippen LogP contribution in [0.1, 0.15) is 55.6 Å². The minimum Gasteiger partial charge on any atom is -0.436 e. The third-order valence-electron chi connectivity index (χ3n) is 19.7. The fraction of sp³-hybridized carbons (Fsp3) is 0.114. The van der Waals surface area contributed by atoms with Crippen LogP contribution in [0.3, 0.4) is 0 Å². The van der Waals surface area contributed by atoms with Crippen LogP contribution in [-0.2, 0) is 110 Å². The first-order valence-electron chi connectivity index (χ1n) is 35.6. The van der Waals surface area contributed by atoms with Gasteiger partial charge in [0.1, 0.15) is 17.1 Å². The van der Waals surface area contributed by atoms with Crippen molar-refractivity contribution in [1.82, 2.24) is 30.6 Å². The van der Waals surface area contributed by atoms with Gasteiger partial charge in [-0.2, -0.15) is 126 Å². The number of halogens is 24. The van der Waals surface area contributed by atoms with Crippen LogP contribution >= 0.6 is 34.0 Å². The van der Waals surface area contributed by atoms with Crippen molar-refractivity contribution in [2.75, 3.05) is 0 Å². The molecule has 18 aromatic rings. The normalized spacial score (nSPS) is 12.5. The molecule has 18 rings (SSSR count). The average molecular weight is 2340 g/mol. The standard InChI is InChI=1S/C31H13F12N2OS.C30H14F9N2OS.C27H14F3N2S.3Ir/c1-13-21(28(32,33)34)22(29(35,36)37)23(30(38,39)40)24(31(41,42)43)26(13)46-27-18-11-15-7-3-2-6-14(15)10-17(18)25(44-45-27)20-12-16-8-4-5-9-19(16)47-20;1-14-24(30(37,38)39)20(28(31,32)33)13-21(29(34,35)36)26(14)42-27-19-11-16-7-3-2-6-15(16)10-18(19)25(40-41-27)23-12-17-8-4-5-9-22(17)43-23;28-27(29,30)20-11-9-16(10-12-20)25-21-13-17-5-1-2-6-18(17)14-22(21)26(32-31-25)24-15-19-7-3-4-8-23(19)33-24;;;/h2-11H,1H3;2-11,13H,1H3;1-14H;;;/q3*-1;;;. The molecule has 3 radical (unpaired) electrons. The Morgan fingerprint density at radius 1 is 0.262 bits per heavy atom. The Hall–Kier alpha value is -10.8. The van der Waals surface area contributed by atoms with E-state index in [2.05, 4.69) is 54.9 Å². The van der Waals surface area contributed by atoms with Crippen LogP contribution in [-0.4, -0.2) is 30.6 Å². The van der Waals surface area contributed by atoms with Crippen molar-refractivity contribution in [2.45, 2.75) is 63.3 Å². The second-order valence-electron chi connectivity index (χ2n) is 27.5. The molecule has 6 heterocycles. The number of alkyl halides is 24. The summed E-state index contributed by atoms with van der Waals surface area (Å²) in [6.45, 7) is 0.655. The molecule has 0 atom stereocenters. The number of ether oxygens (including phenoxy) is 2. The molecule has 12 aromatic carbocycles. The minimum absolute atomic E-state index is 0. The maximum Gasteiger partial charge on any atom is 0.420 e. The van der Waals surface area contributed by atoms with E-state index < -0.39 is 134 Å². The summed E-state index contributed by atoms with van der Waals surface area (Å²) >= 11 is 4.11. The van der Waals surface area contributed by atoms with Gasteiger partial charge >= 0.3 is 49.4 Å². The van der Waals surface area contributed by atoms with Gasteiger partial charge in [0.25, 0.3) is 0 Å². The van der Waals surface area contributed by atoms with Crippen LogP contribution in [0.4, 0.5) is 105 Å². The van der Waals surface area contributed by atoms with Gasteiger partial charge in [-0.15, -0.1) is 81.0 Å². The Morgan fingerprint density at radius 3 is 0.881 bits per heavy atom. The summed E-state index contributed by atoms with van der Waals surface area (Å²) in [5, 5.41) is 33.7. The Bertz CT molecular complexity index is 7170. The van der Waals surface area contributed by atoms with Crippen LogP contribution in [0.15, 0.2) is 212 Å². The Kier molecular flexibility index (Phi) is 25.4. The molecule has 8 nitrogen and oxygen atoms in total. The Morgan fingerprint density at radius 2 is 0.548 bits per heavy atom. The first-order chi connectivity index (χ1) is 57.9. The second kappa shape index (κ2) is 34.4. The van der Waals surface area contributed by atoms with Gasteiger partial charge in [0, 0.05) is 110 Å². The Labute approximate surface area is 744 Å². The van der Waals surface area contributed by atoms with Gasteiger partial charge in [-0.3, -0.25) is 0 Å². The van der Waals surface area contributed by atoms with E-state index in [4.69, 9.17) is 9.47 Å². The topological polar surface area (TPSA) is 95.8 Å². The summed E-state index contributed by atoms with van der Waals surface area (Å²) in [6.07, 6.45) is -46.8. The molecule has 0 N–H and O–H groups in total. The molecule has 126 heavy (non-hydrogen) atoms. The molecule has 0 amide bonds. The molecule has 0 bridgehead atoms. The average Bonchev–Trinajstić information content (AvgIpc) is 0.806. The summed E-state index contributed by atoms with van der Waals surface area (Å²) in [7, 11) is 0. The molecule has 0 saturated carbocycles. The molecular weight excluding hydrogens is 2300 g/mol. The van der Waals surface area contributed by atoms with Crippen LogP contribution in [0.2, 0.25) is 0 Å². The number of thiophene rings is 3. The molecule has 0 spiro atoms. The van der Waals surface area contributed by atoms with Crippen molar-refractivity contribution in [3.8, 4) is 66.2 Å². The number of aromatic nitrogens is 6. The van der Waals surface area contributed by atoms with Crippen molar-refractivity contribution < 1.29 is 175 Å². The van der Waals surface area contributed by atoms with Crippen molar-refractivity contribution in [3.63, 3.8) is 0 Å². The smallest absolute Gasteiger partial charge is 0.420 e. The van der Waals surface area contributed by atoms with Gasteiger partial charge in [-0.25, -0.2) is 34.0 Å². The van der Waals surface area contributed by atoms with E-state index in [9.17, 15) is 105 Å². The van der Waals surface area contributed by atoms with E-state index in [1.54, 1.807) is 90.2 Å². The zero-order valence-electron chi connectivity index (χ0n) is 62.5. The molecule has 38 heteroatoms. The molecule has 0 unspecified atom stereocenters. The van der Waals surface area contributed by atoms with E-state index in [0.717, 1.165) is 63.4 Å².